The Balaban J connectivity index is 0. The highest BCUT2D eigenvalue weighted by molar-refractivity contribution is 6.02. The van der Waals surface area contributed by atoms with E-state index in [1.165, 1.54) is 32.1 Å². The number of carbonyl (C=O) groups excluding carboxylic acids is 1. The van der Waals surface area contributed by atoms with Gasteiger partial charge in [0, 0.05) is 31.5 Å². The summed E-state index contributed by atoms with van der Waals surface area (Å²) in [7, 11) is 0. The Morgan fingerprint density at radius 2 is 1.81 bits per heavy atom. The number of ketones is 1. The lowest BCUT2D eigenvalue weighted by Gasteiger charge is -2.24. The van der Waals surface area contributed by atoms with Gasteiger partial charge in [-0.15, -0.1) is 0 Å². The summed E-state index contributed by atoms with van der Waals surface area (Å²) in [6, 6.07) is 8.11. The first-order chi connectivity index (χ1) is 14.7. The molecule has 0 bridgehead atoms. The van der Waals surface area contributed by atoms with Gasteiger partial charge in [0.25, 0.3) is 0 Å². The van der Waals surface area contributed by atoms with E-state index >= 15 is 0 Å². The van der Waals surface area contributed by atoms with Gasteiger partial charge < -0.3 is 5.32 Å². The van der Waals surface area contributed by atoms with Gasteiger partial charge in [-0.25, -0.2) is 5.01 Å². The Kier molecular flexibility index (Phi) is 15.1. The lowest BCUT2D eigenvalue weighted by molar-refractivity contribution is -0.123. The first-order valence-electron chi connectivity index (χ1n) is 11.8. The monoisotopic (exact) mass is 429 g/mol. The molecule has 176 valence electrons. The summed E-state index contributed by atoms with van der Waals surface area (Å²) >= 11 is 0. The number of hydrogen-bond donors (Lipinski definition) is 1. The van der Waals surface area contributed by atoms with Crippen molar-refractivity contribution in [2.24, 2.45) is 10.5 Å². The summed E-state index contributed by atoms with van der Waals surface area (Å²) in [6.45, 7) is 18.9. The highest BCUT2D eigenvalue weighted by Gasteiger charge is 2.27. The number of carbonyl (C=O) groups is 1. The molecule has 0 unspecified atom stereocenters. The standard InChI is InChI=1S/C23H35N3O.C4H10.H2/c1-7-10-11-12-16-24-20-15-13-14-19(17-20)18-21(22(27)23(4,5)6)26(9-3)25-8-2;1-3-4-2;/h8-9,13-15,17-18,24H,3,7,10-12,16H2,1-2,4-6H3;3-4H2,1-2H3;1H/b21-18-,25-8-;;. The molecule has 1 aromatic rings. The predicted octanol–water partition coefficient (Wildman–Crippen LogP) is 8.14. The van der Waals surface area contributed by atoms with E-state index in [2.05, 4.69) is 49.9 Å². The Morgan fingerprint density at radius 3 is 2.32 bits per heavy atom. The van der Waals surface area contributed by atoms with Gasteiger partial charge in [0.2, 0.25) is 0 Å². The molecule has 1 N–H and O–H groups in total. The summed E-state index contributed by atoms with van der Waals surface area (Å²) in [5.74, 6) is 0.0194. The molecule has 0 aliphatic heterocycles. The fourth-order valence-electron chi connectivity index (χ4n) is 2.63. The average Bonchev–Trinajstić information content (AvgIpc) is 2.75. The van der Waals surface area contributed by atoms with Gasteiger partial charge in [-0.05, 0) is 37.1 Å². The number of nitrogens with zero attached hydrogens (tertiary/aromatic N) is 2. The summed E-state index contributed by atoms with van der Waals surface area (Å²) in [5.41, 5.74) is 2.02. The number of benzene rings is 1. The summed E-state index contributed by atoms with van der Waals surface area (Å²) in [4.78, 5) is 13.0. The number of unbranched alkanes of at least 4 members (excludes halogenated alkanes) is 4. The van der Waals surface area contributed by atoms with E-state index in [0.29, 0.717) is 5.70 Å². The maximum absolute atomic E-state index is 13.0. The molecule has 0 fully saturated rings. The van der Waals surface area contributed by atoms with Crippen LogP contribution in [-0.2, 0) is 4.79 Å². The van der Waals surface area contributed by atoms with Crippen LogP contribution in [0.5, 0.6) is 0 Å². The first kappa shape index (κ1) is 28.6. The highest BCUT2D eigenvalue weighted by atomic mass is 16.1. The summed E-state index contributed by atoms with van der Waals surface area (Å²) in [6.07, 6.45) is 12.7. The topological polar surface area (TPSA) is 44.7 Å². The van der Waals surface area contributed by atoms with Gasteiger partial charge in [0.15, 0.2) is 5.78 Å². The van der Waals surface area contributed by atoms with Crippen molar-refractivity contribution in [3.63, 3.8) is 0 Å². The quantitative estimate of drug-likeness (QED) is 0.158. The number of anilines is 1. The van der Waals surface area contributed by atoms with Gasteiger partial charge in [0.05, 0.1) is 0 Å². The smallest absolute Gasteiger partial charge is 0.186 e. The molecule has 0 aliphatic carbocycles. The van der Waals surface area contributed by atoms with E-state index < -0.39 is 5.41 Å². The van der Waals surface area contributed by atoms with Crippen LogP contribution in [0.3, 0.4) is 0 Å². The fraction of sp³-hybridized carbons (Fsp3) is 0.556. The molecular weight excluding hydrogens is 382 g/mol. The van der Waals surface area contributed by atoms with Gasteiger partial charge in [-0.2, -0.15) is 5.10 Å². The minimum absolute atomic E-state index is 0. The van der Waals surface area contributed by atoms with Crippen LogP contribution in [-0.4, -0.2) is 23.6 Å². The number of Topliss-reactive ketones (excluding diaryl/α,β-unsaturated/α-hetero) is 1. The van der Waals surface area contributed by atoms with E-state index in [1.54, 1.807) is 17.4 Å². The molecule has 1 rings (SSSR count). The molecule has 0 aliphatic rings. The number of hydrogen-bond acceptors (Lipinski definition) is 4. The largest absolute Gasteiger partial charge is 0.385 e. The van der Waals surface area contributed by atoms with Crippen molar-refractivity contribution in [3.05, 3.63) is 48.3 Å². The summed E-state index contributed by atoms with van der Waals surface area (Å²) in [5, 5.41) is 9.27. The zero-order valence-corrected chi connectivity index (χ0v) is 21.0. The van der Waals surface area contributed by atoms with Crippen molar-refractivity contribution in [2.75, 3.05) is 11.9 Å². The lowest BCUT2D eigenvalue weighted by atomic mass is 9.88. The Labute approximate surface area is 193 Å². The van der Waals surface area contributed by atoms with Crippen LogP contribution >= 0.6 is 0 Å². The second kappa shape index (κ2) is 16.3. The zero-order chi connectivity index (χ0) is 23.7. The Hall–Kier alpha value is -2.36. The molecule has 4 heteroatoms. The molecule has 31 heavy (non-hydrogen) atoms. The molecule has 4 nitrogen and oxygen atoms in total. The number of nitrogens with one attached hydrogen (secondary N) is 1. The average molecular weight is 430 g/mol. The molecule has 0 aromatic heterocycles. The molecule has 0 spiro atoms. The molecular formula is C27H47N3O. The summed E-state index contributed by atoms with van der Waals surface area (Å²) < 4.78 is 0. The normalized spacial score (nSPS) is 11.6. The van der Waals surface area contributed by atoms with Crippen molar-refractivity contribution in [2.45, 2.75) is 87.0 Å². The van der Waals surface area contributed by atoms with Gasteiger partial charge in [-0.3, -0.25) is 4.79 Å². The SMILES string of the molecule is C=CN(/N=C\C)/C(=C\c1cccc(NCCCCCC)c1)C(=O)C(C)(C)C.CCCC.[HH]. The number of allylic oxidation sites excluding steroid dienone is 1. The van der Waals surface area contributed by atoms with Crippen LogP contribution in [0.1, 0.15) is 94.0 Å². The van der Waals surface area contributed by atoms with E-state index in [0.717, 1.165) is 24.2 Å². The van der Waals surface area contributed by atoms with Crippen LogP contribution < -0.4 is 5.32 Å². The third-order valence-corrected chi connectivity index (χ3v) is 4.62. The molecule has 0 atom stereocenters. The Bertz CT molecular complexity index is 703. The van der Waals surface area contributed by atoms with Crippen LogP contribution in [0.15, 0.2) is 47.8 Å². The Morgan fingerprint density at radius 1 is 1.13 bits per heavy atom. The lowest BCUT2D eigenvalue weighted by Crippen LogP contribution is -2.28. The van der Waals surface area contributed by atoms with E-state index in [-0.39, 0.29) is 7.21 Å². The second-order valence-corrected chi connectivity index (χ2v) is 8.62. The molecule has 0 amide bonds. The maximum Gasteiger partial charge on any atom is 0.186 e. The number of rotatable bonds is 12. The molecule has 0 radical (unpaired) electrons. The molecule has 0 saturated carbocycles. The van der Waals surface area contributed by atoms with Crippen molar-refractivity contribution in [1.82, 2.24) is 5.01 Å². The van der Waals surface area contributed by atoms with E-state index in [4.69, 9.17) is 0 Å². The predicted molar refractivity (Wildman–Crippen MR) is 140 cm³/mol. The maximum atomic E-state index is 13.0. The van der Waals surface area contributed by atoms with Crippen molar-refractivity contribution in [3.8, 4) is 0 Å². The van der Waals surface area contributed by atoms with E-state index in [1.807, 2.05) is 45.9 Å². The van der Waals surface area contributed by atoms with Gasteiger partial charge >= 0.3 is 0 Å². The third-order valence-electron chi connectivity index (χ3n) is 4.62. The van der Waals surface area contributed by atoms with Gasteiger partial charge in [-0.1, -0.05) is 92.4 Å². The van der Waals surface area contributed by atoms with Crippen LogP contribution in [0.4, 0.5) is 5.69 Å². The zero-order valence-electron chi connectivity index (χ0n) is 21.0. The van der Waals surface area contributed by atoms with Crippen molar-refractivity contribution < 1.29 is 6.22 Å². The minimum atomic E-state index is -0.508. The van der Waals surface area contributed by atoms with E-state index in [9.17, 15) is 4.79 Å². The number of hydrazone groups is 1. The van der Waals surface area contributed by atoms with Crippen LogP contribution in [0.25, 0.3) is 6.08 Å². The second-order valence-electron chi connectivity index (χ2n) is 8.62. The highest BCUT2D eigenvalue weighted by Crippen LogP contribution is 2.25. The van der Waals surface area contributed by atoms with Gasteiger partial charge in [0.1, 0.15) is 5.70 Å². The van der Waals surface area contributed by atoms with Crippen molar-refractivity contribution in [1.29, 1.82) is 0 Å². The minimum Gasteiger partial charge on any atom is -0.385 e. The van der Waals surface area contributed by atoms with Crippen LogP contribution in [0.2, 0.25) is 0 Å². The van der Waals surface area contributed by atoms with Crippen molar-refractivity contribution >= 4 is 23.8 Å². The molecule has 0 heterocycles. The third kappa shape index (κ3) is 12.2. The fourth-order valence-corrected chi connectivity index (χ4v) is 2.63. The molecule has 1 aromatic carbocycles. The van der Waals surface area contributed by atoms with Crippen LogP contribution in [0, 0.1) is 5.41 Å². The first-order valence-corrected chi connectivity index (χ1v) is 11.8. The molecule has 0 saturated heterocycles.